The zero-order valence-electron chi connectivity index (χ0n) is 16.4. The minimum atomic E-state index is -0.443. The highest BCUT2D eigenvalue weighted by Crippen LogP contribution is 2.22. The highest BCUT2D eigenvalue weighted by Gasteiger charge is 2.23. The maximum atomic E-state index is 12.8. The lowest BCUT2D eigenvalue weighted by molar-refractivity contribution is 0.0524. The largest absolute Gasteiger partial charge is 0.462 e. The average molecular weight is 380 g/mol. The highest BCUT2D eigenvalue weighted by molar-refractivity contribution is 5.95. The number of rotatable bonds is 6. The third-order valence-electron chi connectivity index (χ3n) is 4.47. The summed E-state index contributed by atoms with van der Waals surface area (Å²) >= 11 is 0. The molecule has 1 unspecified atom stereocenters. The maximum Gasteiger partial charge on any atom is 0.339 e. The fourth-order valence-corrected chi connectivity index (χ4v) is 3.00. The molecule has 1 aromatic carbocycles. The predicted molar refractivity (Wildman–Crippen MR) is 106 cm³/mol. The van der Waals surface area contributed by atoms with E-state index < -0.39 is 5.97 Å². The summed E-state index contributed by atoms with van der Waals surface area (Å²) in [5.41, 5.74) is 2.83. The topological polar surface area (TPSA) is 97.0 Å². The van der Waals surface area contributed by atoms with Crippen molar-refractivity contribution in [2.75, 3.05) is 6.61 Å². The Morgan fingerprint density at radius 3 is 2.54 bits per heavy atom. The quantitative estimate of drug-likeness (QED) is 0.637. The molecule has 2 aromatic heterocycles. The van der Waals surface area contributed by atoms with Crippen molar-refractivity contribution in [2.24, 2.45) is 5.92 Å². The fraction of sp³-hybridized carbons (Fsp3) is 0.333. The molecule has 3 aromatic rings. The number of fused-ring (bicyclic) bond motifs is 1. The number of aromatic amines is 1. The number of nitrogens with one attached hydrogen (secondary N) is 2. The van der Waals surface area contributed by atoms with Crippen molar-refractivity contribution in [3.8, 4) is 0 Å². The number of carbonyl (C=O) groups is 2. The van der Waals surface area contributed by atoms with Crippen LogP contribution in [0.25, 0.3) is 11.0 Å². The Kier molecular flexibility index (Phi) is 5.73. The fourth-order valence-electron chi connectivity index (χ4n) is 3.00. The first kappa shape index (κ1) is 19.5. The van der Waals surface area contributed by atoms with Crippen LogP contribution < -0.4 is 5.32 Å². The predicted octanol–water partition coefficient (Wildman–Crippen LogP) is 3.57. The number of aromatic nitrogens is 3. The van der Waals surface area contributed by atoms with E-state index in [1.165, 1.54) is 6.07 Å². The van der Waals surface area contributed by atoms with Crippen LogP contribution in [0.3, 0.4) is 0 Å². The first-order valence-corrected chi connectivity index (χ1v) is 9.31. The summed E-state index contributed by atoms with van der Waals surface area (Å²) in [6.07, 6.45) is 0. The van der Waals surface area contributed by atoms with E-state index in [-0.39, 0.29) is 30.2 Å². The number of esters is 1. The molecule has 1 amide bonds. The molecule has 2 heterocycles. The van der Waals surface area contributed by atoms with Crippen molar-refractivity contribution in [1.29, 1.82) is 0 Å². The Bertz CT molecular complexity index is 977. The molecule has 0 fully saturated rings. The molecule has 3 rings (SSSR count). The number of carbonyl (C=O) groups excluding carboxylic acids is 2. The van der Waals surface area contributed by atoms with Gasteiger partial charge in [0, 0.05) is 0 Å². The van der Waals surface area contributed by atoms with Crippen LogP contribution in [-0.2, 0) is 4.74 Å². The molecule has 0 saturated heterocycles. The summed E-state index contributed by atoms with van der Waals surface area (Å²) in [6, 6.07) is 10.5. The molecule has 2 N–H and O–H groups in total. The van der Waals surface area contributed by atoms with Crippen LogP contribution in [0, 0.1) is 12.8 Å². The molecule has 0 aliphatic heterocycles. The number of benzene rings is 1. The minimum Gasteiger partial charge on any atom is -0.462 e. The average Bonchev–Trinajstić information content (AvgIpc) is 3.09. The van der Waals surface area contributed by atoms with Gasteiger partial charge in [0.25, 0.3) is 5.91 Å². The molecule has 7 heteroatoms. The Hall–Kier alpha value is -3.22. The molecule has 0 aliphatic carbocycles. The molecule has 1 atom stereocenters. The number of imidazole rings is 1. The van der Waals surface area contributed by atoms with E-state index in [1.54, 1.807) is 19.9 Å². The second kappa shape index (κ2) is 8.21. The number of aryl methyl sites for hydroxylation is 1. The lowest BCUT2D eigenvalue weighted by Crippen LogP contribution is -2.33. The van der Waals surface area contributed by atoms with Gasteiger partial charge in [0.15, 0.2) is 0 Å². The molecule has 146 valence electrons. The number of pyridine rings is 1. The molecule has 28 heavy (non-hydrogen) atoms. The summed E-state index contributed by atoms with van der Waals surface area (Å²) in [5, 5.41) is 3.00. The molecule has 0 radical (unpaired) electrons. The van der Waals surface area contributed by atoms with E-state index in [4.69, 9.17) is 4.74 Å². The van der Waals surface area contributed by atoms with Crippen molar-refractivity contribution >= 4 is 22.9 Å². The van der Waals surface area contributed by atoms with Crippen molar-refractivity contribution in [1.82, 2.24) is 20.3 Å². The first-order valence-electron chi connectivity index (χ1n) is 9.31. The number of nitrogens with zero attached hydrogens (tertiary/aromatic N) is 2. The van der Waals surface area contributed by atoms with Crippen LogP contribution in [0.4, 0.5) is 0 Å². The number of para-hydroxylation sites is 2. The number of amides is 1. The standard InChI is InChI=1S/C21H24N4O3/c1-5-28-21(27)14-10-11-17(22-13(14)4)20(26)25-18(12(2)3)19-23-15-8-6-7-9-16(15)24-19/h6-12,18H,5H2,1-4H3,(H,23,24)(H,25,26). The molecule has 0 aliphatic rings. The van der Waals surface area contributed by atoms with Gasteiger partial charge >= 0.3 is 5.97 Å². The highest BCUT2D eigenvalue weighted by atomic mass is 16.5. The van der Waals surface area contributed by atoms with Crippen molar-refractivity contribution in [3.63, 3.8) is 0 Å². The monoisotopic (exact) mass is 380 g/mol. The second-order valence-electron chi connectivity index (χ2n) is 6.88. The van der Waals surface area contributed by atoms with Gasteiger partial charge in [-0.2, -0.15) is 0 Å². The van der Waals surface area contributed by atoms with E-state index in [1.807, 2.05) is 38.1 Å². The van der Waals surface area contributed by atoms with Crippen molar-refractivity contribution < 1.29 is 14.3 Å². The van der Waals surface area contributed by atoms with Gasteiger partial charge in [-0.05, 0) is 44.0 Å². The molecule has 7 nitrogen and oxygen atoms in total. The van der Waals surface area contributed by atoms with E-state index in [0.29, 0.717) is 17.1 Å². The van der Waals surface area contributed by atoms with Gasteiger partial charge in [-0.1, -0.05) is 26.0 Å². The van der Waals surface area contributed by atoms with Gasteiger partial charge in [0.05, 0.1) is 34.9 Å². The van der Waals surface area contributed by atoms with E-state index in [9.17, 15) is 9.59 Å². The van der Waals surface area contributed by atoms with Gasteiger partial charge in [-0.15, -0.1) is 0 Å². The molecular weight excluding hydrogens is 356 g/mol. The van der Waals surface area contributed by atoms with Gasteiger partial charge in [0.2, 0.25) is 0 Å². The van der Waals surface area contributed by atoms with Crippen molar-refractivity contribution in [3.05, 3.63) is 59.2 Å². The van der Waals surface area contributed by atoms with Crippen molar-refractivity contribution in [2.45, 2.75) is 33.7 Å². The summed E-state index contributed by atoms with van der Waals surface area (Å²) in [7, 11) is 0. The number of H-pyrrole nitrogens is 1. The van der Waals surface area contributed by atoms with Gasteiger partial charge in [0.1, 0.15) is 11.5 Å². The Morgan fingerprint density at radius 1 is 1.14 bits per heavy atom. The van der Waals surface area contributed by atoms with Crippen LogP contribution in [-0.4, -0.2) is 33.4 Å². The van der Waals surface area contributed by atoms with Gasteiger partial charge in [-0.25, -0.2) is 14.8 Å². The van der Waals surface area contributed by atoms with Gasteiger partial charge < -0.3 is 15.0 Å². The zero-order chi connectivity index (χ0) is 20.3. The first-order chi connectivity index (χ1) is 13.4. The van der Waals surface area contributed by atoms with Crippen LogP contribution in [0.15, 0.2) is 36.4 Å². The minimum absolute atomic E-state index is 0.115. The third-order valence-corrected chi connectivity index (χ3v) is 4.47. The summed E-state index contributed by atoms with van der Waals surface area (Å²) in [6.45, 7) is 7.74. The number of hydrogen-bond acceptors (Lipinski definition) is 5. The second-order valence-corrected chi connectivity index (χ2v) is 6.88. The molecule has 0 spiro atoms. The lowest BCUT2D eigenvalue weighted by atomic mass is 10.0. The smallest absolute Gasteiger partial charge is 0.339 e. The Morgan fingerprint density at radius 2 is 1.89 bits per heavy atom. The van der Waals surface area contributed by atoms with Crippen LogP contribution in [0.2, 0.25) is 0 Å². The zero-order valence-corrected chi connectivity index (χ0v) is 16.4. The maximum absolute atomic E-state index is 12.8. The normalized spacial score (nSPS) is 12.2. The van der Waals surface area contributed by atoms with Gasteiger partial charge in [-0.3, -0.25) is 4.79 Å². The van der Waals surface area contributed by atoms with E-state index in [0.717, 1.165) is 11.0 Å². The summed E-state index contributed by atoms with van der Waals surface area (Å²) < 4.78 is 5.00. The van der Waals surface area contributed by atoms with Crippen LogP contribution >= 0.6 is 0 Å². The lowest BCUT2D eigenvalue weighted by Gasteiger charge is -2.20. The number of ether oxygens (including phenoxy) is 1. The Labute approximate surface area is 163 Å². The van der Waals surface area contributed by atoms with E-state index in [2.05, 4.69) is 20.3 Å². The van der Waals surface area contributed by atoms with Crippen LogP contribution in [0.1, 0.15) is 59.2 Å². The molecule has 0 saturated carbocycles. The SMILES string of the molecule is CCOC(=O)c1ccc(C(=O)NC(c2nc3ccccc3[nH]2)C(C)C)nc1C. The summed E-state index contributed by atoms with van der Waals surface area (Å²) in [4.78, 5) is 36.8. The molecule has 0 bridgehead atoms. The Balaban J connectivity index is 1.83. The third kappa shape index (κ3) is 4.03. The summed E-state index contributed by atoms with van der Waals surface area (Å²) in [5.74, 6) is 0.0493. The van der Waals surface area contributed by atoms with E-state index >= 15 is 0 Å². The number of hydrogen-bond donors (Lipinski definition) is 2. The molecular formula is C21H24N4O3. The van der Waals surface area contributed by atoms with Crippen LogP contribution in [0.5, 0.6) is 0 Å².